The molecule has 0 fully saturated rings. The Kier molecular flexibility index (Phi) is 5.72. The van der Waals surface area contributed by atoms with Gasteiger partial charge in [-0.1, -0.05) is 18.2 Å². The van der Waals surface area contributed by atoms with Crippen molar-refractivity contribution in [3.63, 3.8) is 0 Å². The van der Waals surface area contributed by atoms with Gasteiger partial charge in [0.15, 0.2) is 0 Å². The summed E-state index contributed by atoms with van der Waals surface area (Å²) in [6.45, 7) is 0. The summed E-state index contributed by atoms with van der Waals surface area (Å²) in [6, 6.07) is 0. The molecule has 0 bridgehead atoms. The first-order chi connectivity index (χ1) is 16.6. The molecule has 0 radical (unpaired) electrons. The second kappa shape index (κ2) is 8.13. The molecule has 0 saturated heterocycles. The van der Waals surface area contributed by atoms with Crippen LogP contribution in [0.25, 0.3) is 17.1 Å². The number of alkyl halides is 9. The van der Waals surface area contributed by atoms with Crippen molar-refractivity contribution in [2.45, 2.75) is 36.3 Å². The molecule has 6 nitrogen and oxygen atoms in total. The molecule has 0 spiro atoms. The number of allylic oxidation sites excluding steroid dienone is 12. The normalized spacial score (nSPS) is 27.9. The summed E-state index contributed by atoms with van der Waals surface area (Å²) < 4.78 is 126. The van der Waals surface area contributed by atoms with Crippen LogP contribution in [0.1, 0.15) is 0 Å². The van der Waals surface area contributed by atoms with E-state index in [9.17, 15) is 53.9 Å². The summed E-state index contributed by atoms with van der Waals surface area (Å²) in [5.41, 5.74) is -10.5. The zero-order valence-corrected chi connectivity index (χ0v) is 17.4. The SMILES string of the molecule is O=c1n(C2=CC=CC(F)(F)C2F)c(=O)n(C2=CC=CC(F)(F)C2F)c(=O)n1C1=CC=CC(F)(F)C1F. The van der Waals surface area contributed by atoms with Crippen LogP contribution in [0.5, 0.6) is 0 Å². The van der Waals surface area contributed by atoms with Gasteiger partial charge >= 0.3 is 34.8 Å². The van der Waals surface area contributed by atoms with Crippen molar-refractivity contribution in [2.24, 2.45) is 0 Å². The molecule has 3 atom stereocenters. The third-order valence-corrected chi connectivity index (χ3v) is 5.47. The maximum Gasteiger partial charge on any atom is 0.345 e. The molecule has 0 aliphatic heterocycles. The minimum atomic E-state index is -4.31. The third-order valence-electron chi connectivity index (χ3n) is 5.47. The molecule has 3 aliphatic rings. The van der Waals surface area contributed by atoms with E-state index in [4.69, 9.17) is 0 Å². The van der Waals surface area contributed by atoms with Crippen LogP contribution in [0.3, 0.4) is 0 Å². The highest BCUT2D eigenvalue weighted by atomic mass is 19.3. The third kappa shape index (κ3) is 3.73. The molecule has 0 amide bonds. The Labute approximate surface area is 193 Å². The van der Waals surface area contributed by atoms with E-state index >= 15 is 0 Å². The van der Waals surface area contributed by atoms with Gasteiger partial charge in [-0.25, -0.2) is 41.3 Å². The molecule has 0 aromatic carbocycles. The van der Waals surface area contributed by atoms with Crippen LogP contribution in [0, 0.1) is 0 Å². The molecule has 0 saturated carbocycles. The van der Waals surface area contributed by atoms with Gasteiger partial charge in [-0.15, -0.1) is 0 Å². The molecule has 3 unspecified atom stereocenters. The molecular weight excluding hydrogens is 513 g/mol. The topological polar surface area (TPSA) is 66.0 Å². The van der Waals surface area contributed by atoms with E-state index in [2.05, 4.69) is 0 Å². The van der Waals surface area contributed by atoms with Gasteiger partial charge in [-0.2, -0.15) is 26.3 Å². The quantitative estimate of drug-likeness (QED) is 0.569. The zero-order chi connectivity index (χ0) is 26.8. The number of aromatic nitrogens is 3. The lowest BCUT2D eigenvalue weighted by atomic mass is 10.0. The van der Waals surface area contributed by atoms with E-state index in [0.717, 1.165) is 0 Å². The number of rotatable bonds is 3. The van der Waals surface area contributed by atoms with E-state index in [1.54, 1.807) is 0 Å². The summed E-state index contributed by atoms with van der Waals surface area (Å²) in [5.74, 6) is -12.9. The van der Waals surface area contributed by atoms with Crippen LogP contribution in [0.2, 0.25) is 0 Å². The number of nitrogens with zero attached hydrogens (tertiary/aromatic N) is 3. The maximum atomic E-state index is 14.6. The predicted molar refractivity (Wildman–Crippen MR) is 109 cm³/mol. The molecule has 36 heavy (non-hydrogen) atoms. The Hall–Kier alpha value is -3.78. The van der Waals surface area contributed by atoms with Crippen LogP contribution >= 0.6 is 0 Å². The van der Waals surface area contributed by atoms with E-state index < -0.39 is 84.1 Å². The highest BCUT2D eigenvalue weighted by Crippen LogP contribution is 2.36. The lowest BCUT2D eigenvalue weighted by molar-refractivity contribution is -0.00646. The summed E-state index contributed by atoms with van der Waals surface area (Å²) >= 11 is 0. The van der Waals surface area contributed by atoms with Gasteiger partial charge < -0.3 is 0 Å². The second-order valence-corrected chi connectivity index (χ2v) is 7.82. The van der Waals surface area contributed by atoms with Crippen molar-refractivity contribution in [1.82, 2.24) is 13.7 Å². The van der Waals surface area contributed by atoms with Gasteiger partial charge in [0.2, 0.25) is 18.5 Å². The molecule has 15 heteroatoms. The molecular formula is C21H12F9N3O3. The summed E-state index contributed by atoms with van der Waals surface area (Å²) in [5, 5.41) is 0. The lowest BCUT2D eigenvalue weighted by Crippen LogP contribution is -2.57. The average molecular weight is 525 g/mol. The Bertz CT molecular complexity index is 1280. The van der Waals surface area contributed by atoms with Gasteiger partial charge in [-0.05, 0) is 36.5 Å². The highest BCUT2D eigenvalue weighted by molar-refractivity contribution is 5.62. The predicted octanol–water partition coefficient (Wildman–Crippen LogP) is 3.32. The first-order valence-electron chi connectivity index (χ1n) is 9.88. The standard InChI is InChI=1S/C21H12F9N3O3/c22-13-10(4-1-7-19(13,25)26)31-16(34)32(11-5-2-8-20(27,28)14(11)23)18(36)33(17(31)35)12-6-3-9-21(29,30)15(12)24/h1-9,13-15H. The monoisotopic (exact) mass is 525 g/mol. The van der Waals surface area contributed by atoms with Crippen LogP contribution < -0.4 is 17.1 Å². The smallest absolute Gasteiger partial charge is 0.247 e. The minimum Gasteiger partial charge on any atom is -0.247 e. The summed E-state index contributed by atoms with van der Waals surface area (Å²) in [7, 11) is 0. The fourth-order valence-corrected chi connectivity index (χ4v) is 3.70. The van der Waals surface area contributed by atoms with E-state index in [-0.39, 0.29) is 18.2 Å². The van der Waals surface area contributed by atoms with Crippen molar-refractivity contribution in [2.75, 3.05) is 0 Å². The van der Waals surface area contributed by atoms with E-state index in [1.807, 2.05) is 0 Å². The number of hydrogen-bond acceptors (Lipinski definition) is 3. The van der Waals surface area contributed by atoms with Crippen LogP contribution in [-0.2, 0) is 0 Å². The maximum absolute atomic E-state index is 14.6. The molecule has 0 N–H and O–H groups in total. The largest absolute Gasteiger partial charge is 0.345 e. The Morgan fingerprint density at radius 2 is 0.722 bits per heavy atom. The molecule has 1 aromatic heterocycles. The zero-order valence-electron chi connectivity index (χ0n) is 17.4. The number of hydrogen-bond donors (Lipinski definition) is 0. The van der Waals surface area contributed by atoms with Crippen LogP contribution in [-0.4, -0.2) is 50.0 Å². The summed E-state index contributed by atoms with van der Waals surface area (Å²) in [6.07, 6.45) is -7.14. The Morgan fingerprint density at radius 3 is 0.944 bits per heavy atom. The van der Waals surface area contributed by atoms with E-state index in [0.29, 0.717) is 36.5 Å². The number of halogens is 9. The lowest BCUT2D eigenvalue weighted by Gasteiger charge is -2.28. The van der Waals surface area contributed by atoms with Crippen molar-refractivity contribution < 1.29 is 39.5 Å². The van der Waals surface area contributed by atoms with Crippen molar-refractivity contribution in [3.05, 3.63) is 86.1 Å². The molecule has 192 valence electrons. The Morgan fingerprint density at radius 1 is 0.500 bits per heavy atom. The fourth-order valence-electron chi connectivity index (χ4n) is 3.70. The molecule has 4 rings (SSSR count). The van der Waals surface area contributed by atoms with Crippen molar-refractivity contribution in [3.8, 4) is 0 Å². The fraction of sp³-hybridized carbons (Fsp3) is 0.286. The van der Waals surface area contributed by atoms with Crippen LogP contribution in [0.15, 0.2) is 69.1 Å². The first-order valence-corrected chi connectivity index (χ1v) is 9.88. The molecule has 3 aliphatic carbocycles. The van der Waals surface area contributed by atoms with Gasteiger partial charge in [0.05, 0.1) is 17.1 Å². The minimum absolute atomic E-state index is 0.0555. The first kappa shape index (κ1) is 25.3. The van der Waals surface area contributed by atoms with Gasteiger partial charge in [-0.3, -0.25) is 0 Å². The van der Waals surface area contributed by atoms with Crippen LogP contribution in [0.4, 0.5) is 39.5 Å². The van der Waals surface area contributed by atoms with E-state index in [1.165, 1.54) is 0 Å². The van der Waals surface area contributed by atoms with Gasteiger partial charge in [0.25, 0.3) is 0 Å². The molecule has 1 aromatic rings. The van der Waals surface area contributed by atoms with Crippen molar-refractivity contribution in [1.29, 1.82) is 0 Å². The highest BCUT2D eigenvalue weighted by Gasteiger charge is 2.48. The van der Waals surface area contributed by atoms with Crippen molar-refractivity contribution >= 4 is 17.1 Å². The molecule has 1 heterocycles. The second-order valence-electron chi connectivity index (χ2n) is 7.82. The summed E-state index contributed by atoms with van der Waals surface area (Å²) in [4.78, 5) is 39.2. The van der Waals surface area contributed by atoms with Gasteiger partial charge in [0.1, 0.15) is 0 Å². The van der Waals surface area contributed by atoms with Gasteiger partial charge in [0, 0.05) is 0 Å². The average Bonchev–Trinajstić information content (AvgIpc) is 2.77. The Balaban J connectivity index is 2.12.